The quantitative estimate of drug-likeness (QED) is 0.641. The van der Waals surface area contributed by atoms with Gasteiger partial charge in [-0.1, -0.05) is 0 Å². The Labute approximate surface area is 81.8 Å². The van der Waals surface area contributed by atoms with E-state index < -0.39 is 24.8 Å². The molecule has 0 fully saturated rings. The minimum Gasteiger partial charge on any atom is -0.463 e. The molecule has 0 aromatic rings. The molecule has 6 heteroatoms. The van der Waals surface area contributed by atoms with Crippen LogP contribution in [0, 0.1) is 0 Å². The minimum atomic E-state index is -1.31. The Hall–Kier alpha value is -1.30. The lowest BCUT2D eigenvalue weighted by molar-refractivity contribution is -0.156. The molecule has 0 radical (unpaired) electrons. The number of hydrogen-bond donors (Lipinski definition) is 1. The zero-order chi connectivity index (χ0) is 11.0. The average molecular weight is 206 g/mol. The molecule has 0 aliphatic carbocycles. The van der Waals surface area contributed by atoms with Crippen molar-refractivity contribution in [1.29, 1.82) is 0 Å². The van der Waals surface area contributed by atoms with E-state index in [1.807, 2.05) is 0 Å². The molecule has 0 saturated carbocycles. The van der Waals surface area contributed by atoms with Crippen molar-refractivity contribution < 1.29 is 28.9 Å². The molecule has 82 valence electrons. The summed E-state index contributed by atoms with van der Waals surface area (Å²) in [5.41, 5.74) is 0. The van der Waals surface area contributed by atoms with Gasteiger partial charge in [0.2, 0.25) is 6.10 Å². The summed E-state index contributed by atoms with van der Waals surface area (Å²) >= 11 is 0. The monoisotopic (exact) mass is 206 g/mol. The Balaban J connectivity index is 4.01. The van der Waals surface area contributed by atoms with Crippen molar-refractivity contribution >= 4 is 12.1 Å². The summed E-state index contributed by atoms with van der Waals surface area (Å²) in [7, 11) is 0. The lowest BCUT2D eigenvalue weighted by Crippen LogP contribution is -2.32. The van der Waals surface area contributed by atoms with Gasteiger partial charge >= 0.3 is 12.1 Å². The minimum absolute atomic E-state index is 0.139. The van der Waals surface area contributed by atoms with Crippen LogP contribution in [0.5, 0.6) is 0 Å². The Bertz CT molecular complexity index is 190. The summed E-state index contributed by atoms with van der Waals surface area (Å²) in [6.45, 7) is 2.87. The van der Waals surface area contributed by atoms with Crippen LogP contribution in [0.15, 0.2) is 0 Å². The van der Waals surface area contributed by atoms with Crippen molar-refractivity contribution in [1.82, 2.24) is 0 Å². The van der Waals surface area contributed by atoms with Gasteiger partial charge in [0.25, 0.3) is 0 Å². The lowest BCUT2D eigenvalue weighted by atomic mass is 10.4. The topological polar surface area (TPSA) is 82.1 Å². The second-order valence-corrected chi connectivity index (χ2v) is 2.22. The largest absolute Gasteiger partial charge is 0.509 e. The van der Waals surface area contributed by atoms with Gasteiger partial charge in [0.15, 0.2) is 0 Å². The highest BCUT2D eigenvalue weighted by Gasteiger charge is 2.23. The van der Waals surface area contributed by atoms with Gasteiger partial charge in [0, 0.05) is 0 Å². The third-order valence-electron chi connectivity index (χ3n) is 1.22. The second kappa shape index (κ2) is 7.14. The Morgan fingerprint density at radius 2 is 1.79 bits per heavy atom. The first kappa shape index (κ1) is 12.7. The maximum absolute atomic E-state index is 11.0. The van der Waals surface area contributed by atoms with Crippen LogP contribution in [0.4, 0.5) is 4.79 Å². The number of esters is 1. The highest BCUT2D eigenvalue weighted by atomic mass is 16.7. The Morgan fingerprint density at radius 1 is 1.21 bits per heavy atom. The summed E-state index contributed by atoms with van der Waals surface area (Å²) in [5, 5.41) is 8.71. The lowest BCUT2D eigenvalue weighted by Gasteiger charge is -2.13. The third-order valence-corrected chi connectivity index (χ3v) is 1.22. The van der Waals surface area contributed by atoms with Crippen LogP contribution in [0.3, 0.4) is 0 Å². The summed E-state index contributed by atoms with van der Waals surface area (Å²) in [6, 6.07) is 0. The van der Waals surface area contributed by atoms with Gasteiger partial charge in [-0.3, -0.25) is 0 Å². The molecule has 6 nitrogen and oxygen atoms in total. The van der Waals surface area contributed by atoms with Crippen LogP contribution < -0.4 is 0 Å². The van der Waals surface area contributed by atoms with Crippen LogP contribution >= 0.6 is 0 Å². The molecule has 0 rings (SSSR count). The van der Waals surface area contributed by atoms with Crippen LogP contribution in [0.25, 0.3) is 0 Å². The summed E-state index contributed by atoms with van der Waals surface area (Å²) in [4.78, 5) is 21.8. The summed E-state index contributed by atoms with van der Waals surface area (Å²) in [5.74, 6) is -0.789. The summed E-state index contributed by atoms with van der Waals surface area (Å²) in [6.07, 6.45) is -2.31. The zero-order valence-electron chi connectivity index (χ0n) is 8.19. The molecular formula is C8H14O6. The predicted molar refractivity (Wildman–Crippen MR) is 45.6 cm³/mol. The standard InChI is InChI=1S/C8H14O6/c1-3-12-7(10)6(5-9)14-8(11)13-4-2/h6,9H,3-5H2,1-2H3. The van der Waals surface area contributed by atoms with Crippen molar-refractivity contribution in [3.05, 3.63) is 0 Å². The molecule has 0 aliphatic heterocycles. The number of ether oxygens (including phenoxy) is 3. The number of rotatable bonds is 5. The molecule has 1 N–H and O–H groups in total. The van der Waals surface area contributed by atoms with Crippen LogP contribution in [0.1, 0.15) is 13.8 Å². The van der Waals surface area contributed by atoms with Crippen molar-refractivity contribution in [2.45, 2.75) is 20.0 Å². The fourth-order valence-electron chi connectivity index (χ4n) is 0.663. The number of carbonyl (C=O) groups is 2. The molecule has 1 atom stereocenters. The molecule has 0 aliphatic rings. The fraction of sp³-hybridized carbons (Fsp3) is 0.750. The molecule has 0 heterocycles. The first-order valence-electron chi connectivity index (χ1n) is 4.26. The highest BCUT2D eigenvalue weighted by molar-refractivity contribution is 5.77. The van der Waals surface area contributed by atoms with E-state index in [0.717, 1.165) is 0 Å². The molecule has 0 bridgehead atoms. The molecule has 0 amide bonds. The third kappa shape index (κ3) is 4.66. The average Bonchev–Trinajstić information content (AvgIpc) is 2.15. The van der Waals surface area contributed by atoms with E-state index in [0.29, 0.717) is 0 Å². The van der Waals surface area contributed by atoms with E-state index in [4.69, 9.17) is 5.11 Å². The first-order chi connectivity index (χ1) is 6.65. The van der Waals surface area contributed by atoms with Crippen LogP contribution in [-0.2, 0) is 19.0 Å². The fourth-order valence-corrected chi connectivity index (χ4v) is 0.663. The number of carbonyl (C=O) groups excluding carboxylic acids is 2. The van der Waals surface area contributed by atoms with E-state index in [-0.39, 0.29) is 13.2 Å². The molecular weight excluding hydrogens is 192 g/mol. The normalized spacial score (nSPS) is 11.6. The second-order valence-electron chi connectivity index (χ2n) is 2.22. The Kier molecular flexibility index (Phi) is 6.47. The van der Waals surface area contributed by atoms with E-state index in [2.05, 4.69) is 14.2 Å². The Morgan fingerprint density at radius 3 is 2.21 bits per heavy atom. The van der Waals surface area contributed by atoms with Gasteiger partial charge in [0.05, 0.1) is 19.8 Å². The molecule has 0 aromatic heterocycles. The zero-order valence-corrected chi connectivity index (χ0v) is 8.19. The molecule has 0 spiro atoms. The van der Waals surface area contributed by atoms with Crippen molar-refractivity contribution in [3.8, 4) is 0 Å². The van der Waals surface area contributed by atoms with E-state index in [9.17, 15) is 9.59 Å². The van der Waals surface area contributed by atoms with Crippen molar-refractivity contribution in [3.63, 3.8) is 0 Å². The van der Waals surface area contributed by atoms with E-state index in [1.54, 1.807) is 13.8 Å². The van der Waals surface area contributed by atoms with E-state index >= 15 is 0 Å². The number of aliphatic hydroxyl groups is 1. The molecule has 1 unspecified atom stereocenters. The maximum Gasteiger partial charge on any atom is 0.509 e. The molecule has 0 aromatic carbocycles. The van der Waals surface area contributed by atoms with Gasteiger partial charge in [-0.2, -0.15) is 0 Å². The highest BCUT2D eigenvalue weighted by Crippen LogP contribution is 1.98. The van der Waals surface area contributed by atoms with E-state index in [1.165, 1.54) is 0 Å². The van der Waals surface area contributed by atoms with Gasteiger partial charge in [-0.15, -0.1) is 0 Å². The van der Waals surface area contributed by atoms with Crippen molar-refractivity contribution in [2.75, 3.05) is 19.8 Å². The van der Waals surface area contributed by atoms with Gasteiger partial charge < -0.3 is 19.3 Å². The van der Waals surface area contributed by atoms with Crippen LogP contribution in [0.2, 0.25) is 0 Å². The first-order valence-corrected chi connectivity index (χ1v) is 4.26. The van der Waals surface area contributed by atoms with Gasteiger partial charge in [-0.05, 0) is 13.8 Å². The van der Waals surface area contributed by atoms with Crippen molar-refractivity contribution in [2.24, 2.45) is 0 Å². The molecule has 0 saturated heterocycles. The number of aliphatic hydroxyl groups excluding tert-OH is 1. The summed E-state index contributed by atoms with van der Waals surface area (Å²) < 4.78 is 13.4. The van der Waals surface area contributed by atoms with Crippen LogP contribution in [-0.4, -0.2) is 43.2 Å². The SMILES string of the molecule is CCOC(=O)OC(CO)C(=O)OCC. The van der Waals surface area contributed by atoms with Gasteiger partial charge in [0.1, 0.15) is 0 Å². The smallest absolute Gasteiger partial charge is 0.463 e. The predicted octanol–water partition coefficient (Wildman–Crippen LogP) is 0.0835. The maximum atomic E-state index is 11.0. The number of hydrogen-bond acceptors (Lipinski definition) is 6. The molecule has 14 heavy (non-hydrogen) atoms. The van der Waals surface area contributed by atoms with Gasteiger partial charge in [-0.25, -0.2) is 9.59 Å².